The van der Waals surface area contributed by atoms with E-state index in [-0.39, 0.29) is 18.2 Å². The first-order valence-corrected chi connectivity index (χ1v) is 9.18. The number of nitrogens with zero attached hydrogens (tertiary/aromatic N) is 2. The predicted octanol–water partition coefficient (Wildman–Crippen LogP) is 2.50. The second-order valence-electron chi connectivity index (χ2n) is 6.52. The largest absolute Gasteiger partial charge is 0.455 e. The van der Waals surface area contributed by atoms with E-state index in [0.29, 0.717) is 43.4 Å². The molecule has 1 aliphatic rings. The fourth-order valence-electron chi connectivity index (χ4n) is 2.99. The summed E-state index contributed by atoms with van der Waals surface area (Å²) in [4.78, 5) is 39.4. The Balaban J connectivity index is 1.56. The van der Waals surface area contributed by atoms with Gasteiger partial charge in [0.2, 0.25) is 17.7 Å². The van der Waals surface area contributed by atoms with Gasteiger partial charge in [-0.3, -0.25) is 14.4 Å². The molecule has 3 rings (SSSR count). The second-order valence-corrected chi connectivity index (χ2v) is 6.52. The van der Waals surface area contributed by atoms with Crippen molar-refractivity contribution in [2.24, 2.45) is 0 Å². The quantitative estimate of drug-likeness (QED) is 0.807. The molecule has 0 aromatic heterocycles. The first-order chi connectivity index (χ1) is 13.5. The fraction of sp³-hybridized carbons (Fsp3) is 0.286. The lowest BCUT2D eigenvalue weighted by Crippen LogP contribution is -2.50. The molecule has 1 saturated heterocycles. The molecule has 0 unspecified atom stereocenters. The molecule has 2 aromatic carbocycles. The molecule has 0 radical (unpaired) electrons. The summed E-state index contributed by atoms with van der Waals surface area (Å²) in [6, 6.07) is 16.3. The first-order valence-electron chi connectivity index (χ1n) is 9.18. The van der Waals surface area contributed by atoms with Crippen molar-refractivity contribution in [3.05, 3.63) is 54.6 Å². The van der Waals surface area contributed by atoms with Crippen LogP contribution in [0.25, 0.3) is 0 Å². The van der Waals surface area contributed by atoms with Crippen molar-refractivity contribution < 1.29 is 19.1 Å². The number of rotatable bonds is 5. The molecule has 7 nitrogen and oxygen atoms in total. The van der Waals surface area contributed by atoms with Gasteiger partial charge in [0.1, 0.15) is 12.2 Å². The molecule has 0 aliphatic carbocycles. The Hall–Kier alpha value is -3.35. The molecule has 0 saturated carbocycles. The summed E-state index contributed by atoms with van der Waals surface area (Å²) in [6.07, 6.45) is -0.250. The number of ether oxygens (including phenoxy) is 1. The number of hydrogen-bond donors (Lipinski definition) is 1. The highest BCUT2D eigenvalue weighted by Gasteiger charge is 2.24. The van der Waals surface area contributed by atoms with Crippen molar-refractivity contribution in [1.29, 1.82) is 0 Å². The summed E-state index contributed by atoms with van der Waals surface area (Å²) in [7, 11) is 0. The van der Waals surface area contributed by atoms with Crippen LogP contribution in [0.4, 0.5) is 5.69 Å². The molecule has 1 fully saturated rings. The number of amides is 3. The van der Waals surface area contributed by atoms with E-state index in [0.717, 1.165) is 0 Å². The highest BCUT2D eigenvalue weighted by molar-refractivity contribution is 6.04. The molecular weight excluding hydrogens is 358 g/mol. The maximum absolute atomic E-state index is 12.4. The fourth-order valence-corrected chi connectivity index (χ4v) is 2.99. The number of hydrogen-bond acceptors (Lipinski definition) is 4. The van der Waals surface area contributed by atoms with E-state index in [2.05, 4.69) is 5.32 Å². The van der Waals surface area contributed by atoms with E-state index in [1.54, 1.807) is 28.0 Å². The lowest BCUT2D eigenvalue weighted by Gasteiger charge is -2.34. The SMILES string of the molecule is CC(=O)N1CCN(C(=O)CC(=O)Nc2ccccc2Oc2ccccc2)CC1. The van der Waals surface area contributed by atoms with Gasteiger partial charge in [0.25, 0.3) is 0 Å². The van der Waals surface area contributed by atoms with E-state index < -0.39 is 5.91 Å². The van der Waals surface area contributed by atoms with Crippen molar-refractivity contribution in [2.75, 3.05) is 31.5 Å². The maximum atomic E-state index is 12.4. The van der Waals surface area contributed by atoms with Gasteiger partial charge < -0.3 is 19.9 Å². The minimum Gasteiger partial charge on any atom is -0.455 e. The van der Waals surface area contributed by atoms with Gasteiger partial charge in [-0.2, -0.15) is 0 Å². The highest BCUT2D eigenvalue weighted by atomic mass is 16.5. The van der Waals surface area contributed by atoms with Crippen LogP contribution >= 0.6 is 0 Å². The lowest BCUT2D eigenvalue weighted by molar-refractivity contribution is -0.140. The van der Waals surface area contributed by atoms with E-state index in [1.165, 1.54) is 6.92 Å². The van der Waals surface area contributed by atoms with Crippen LogP contribution in [0.5, 0.6) is 11.5 Å². The highest BCUT2D eigenvalue weighted by Crippen LogP contribution is 2.29. The number of carbonyl (C=O) groups is 3. The van der Waals surface area contributed by atoms with Crippen molar-refractivity contribution in [2.45, 2.75) is 13.3 Å². The minimum absolute atomic E-state index is 0.000125. The molecule has 146 valence electrons. The molecule has 2 aromatic rings. The number of nitrogens with one attached hydrogen (secondary N) is 1. The topological polar surface area (TPSA) is 79.0 Å². The standard InChI is InChI=1S/C21H23N3O4/c1-16(25)23-11-13-24(14-12-23)21(27)15-20(26)22-18-9-5-6-10-19(18)28-17-7-3-2-4-8-17/h2-10H,11-15H2,1H3,(H,22,26). The number of anilines is 1. The van der Waals surface area contributed by atoms with Gasteiger partial charge in [0.05, 0.1) is 5.69 Å². The van der Waals surface area contributed by atoms with Crippen LogP contribution in [0.1, 0.15) is 13.3 Å². The Morgan fingerprint density at radius 2 is 1.50 bits per heavy atom. The zero-order valence-electron chi connectivity index (χ0n) is 15.8. The number of benzene rings is 2. The van der Waals surface area contributed by atoms with Gasteiger partial charge >= 0.3 is 0 Å². The van der Waals surface area contributed by atoms with Crippen LogP contribution in [-0.4, -0.2) is 53.7 Å². The summed E-state index contributed by atoms with van der Waals surface area (Å²) in [5, 5.41) is 2.75. The summed E-state index contributed by atoms with van der Waals surface area (Å²) in [5.74, 6) is 0.512. The number of carbonyl (C=O) groups excluding carboxylic acids is 3. The zero-order chi connectivity index (χ0) is 19.9. The van der Waals surface area contributed by atoms with Gasteiger partial charge in [0, 0.05) is 33.1 Å². The number of piperazine rings is 1. The molecule has 7 heteroatoms. The van der Waals surface area contributed by atoms with E-state index >= 15 is 0 Å². The Kier molecular flexibility index (Phi) is 6.26. The Bertz CT molecular complexity index is 846. The van der Waals surface area contributed by atoms with Crippen molar-refractivity contribution in [1.82, 2.24) is 9.80 Å². The monoisotopic (exact) mass is 381 g/mol. The van der Waals surface area contributed by atoms with Crippen LogP contribution in [0.15, 0.2) is 54.6 Å². The summed E-state index contributed by atoms with van der Waals surface area (Å²) < 4.78 is 5.82. The third kappa shape index (κ3) is 5.09. The van der Waals surface area contributed by atoms with Crippen LogP contribution in [0.3, 0.4) is 0 Å². The summed E-state index contributed by atoms with van der Waals surface area (Å²) >= 11 is 0. The van der Waals surface area contributed by atoms with Crippen LogP contribution in [0, 0.1) is 0 Å². The molecule has 3 amide bonds. The zero-order valence-corrected chi connectivity index (χ0v) is 15.8. The Labute approximate surface area is 163 Å². The molecule has 1 heterocycles. The first kappa shape index (κ1) is 19.4. The third-order valence-electron chi connectivity index (χ3n) is 4.52. The number of para-hydroxylation sites is 3. The minimum atomic E-state index is -0.400. The van der Waals surface area contributed by atoms with E-state index in [4.69, 9.17) is 4.74 Å². The van der Waals surface area contributed by atoms with Crippen molar-refractivity contribution in [3.8, 4) is 11.5 Å². The molecule has 0 bridgehead atoms. The van der Waals surface area contributed by atoms with Crippen LogP contribution < -0.4 is 10.1 Å². The van der Waals surface area contributed by atoms with Gasteiger partial charge in [-0.05, 0) is 24.3 Å². The van der Waals surface area contributed by atoms with Gasteiger partial charge in [-0.15, -0.1) is 0 Å². The van der Waals surface area contributed by atoms with Crippen LogP contribution in [0.2, 0.25) is 0 Å². The molecular formula is C21H23N3O4. The Morgan fingerprint density at radius 1 is 0.893 bits per heavy atom. The van der Waals surface area contributed by atoms with Crippen molar-refractivity contribution in [3.63, 3.8) is 0 Å². The second kappa shape index (κ2) is 9.03. The van der Waals surface area contributed by atoms with Gasteiger partial charge in [-0.1, -0.05) is 30.3 Å². The Morgan fingerprint density at radius 3 is 2.18 bits per heavy atom. The molecule has 0 atom stereocenters. The molecule has 0 spiro atoms. The van der Waals surface area contributed by atoms with Crippen LogP contribution in [-0.2, 0) is 14.4 Å². The average molecular weight is 381 g/mol. The molecule has 1 aliphatic heterocycles. The predicted molar refractivity (Wildman–Crippen MR) is 105 cm³/mol. The van der Waals surface area contributed by atoms with Gasteiger partial charge in [-0.25, -0.2) is 0 Å². The van der Waals surface area contributed by atoms with Crippen molar-refractivity contribution >= 4 is 23.4 Å². The van der Waals surface area contributed by atoms with E-state index in [9.17, 15) is 14.4 Å². The summed E-state index contributed by atoms with van der Waals surface area (Å²) in [5.41, 5.74) is 0.505. The molecule has 28 heavy (non-hydrogen) atoms. The third-order valence-corrected chi connectivity index (χ3v) is 4.52. The summed E-state index contributed by atoms with van der Waals surface area (Å²) in [6.45, 7) is 3.39. The maximum Gasteiger partial charge on any atom is 0.233 e. The average Bonchev–Trinajstić information content (AvgIpc) is 2.70. The lowest BCUT2D eigenvalue weighted by atomic mass is 10.2. The normalized spacial score (nSPS) is 13.8. The van der Waals surface area contributed by atoms with Gasteiger partial charge in [0.15, 0.2) is 5.75 Å². The molecule has 1 N–H and O–H groups in total. The smallest absolute Gasteiger partial charge is 0.233 e. The van der Waals surface area contributed by atoms with E-state index in [1.807, 2.05) is 36.4 Å².